The molecule has 1 aromatic heterocycles. The van der Waals surface area contributed by atoms with Crippen LogP contribution in [0.25, 0.3) is 0 Å². The molecule has 2 heterocycles. The third kappa shape index (κ3) is 4.80. The first-order valence-corrected chi connectivity index (χ1v) is 9.70. The first kappa shape index (κ1) is 19.7. The highest BCUT2D eigenvalue weighted by molar-refractivity contribution is 7.99. The topological polar surface area (TPSA) is 80.7 Å². The number of aliphatic imine (C=N–C) groups is 1. The van der Waals surface area contributed by atoms with Crippen molar-refractivity contribution in [1.82, 2.24) is 10.3 Å². The zero-order chi connectivity index (χ0) is 19.4. The fourth-order valence-corrected chi connectivity index (χ4v) is 4.05. The molecule has 0 fully saturated rings. The summed E-state index contributed by atoms with van der Waals surface area (Å²) in [5.41, 5.74) is 0.520. The van der Waals surface area contributed by atoms with Gasteiger partial charge in [0.05, 0.1) is 13.2 Å². The summed E-state index contributed by atoms with van der Waals surface area (Å²) in [6.45, 7) is 0. The summed E-state index contributed by atoms with van der Waals surface area (Å²) in [5, 5.41) is 3.00. The number of halogens is 2. The van der Waals surface area contributed by atoms with Gasteiger partial charge in [-0.2, -0.15) is 0 Å². The lowest BCUT2D eigenvalue weighted by Crippen LogP contribution is -2.50. The van der Waals surface area contributed by atoms with Crippen LogP contribution < -0.4 is 5.32 Å². The SMILES string of the molecule is COC(=O)C1C(=O)NC(c2cc(Cl)nc(Cl)c2)=NC1CSc1ccccc1. The largest absolute Gasteiger partial charge is 0.468 e. The molecule has 0 radical (unpaired) electrons. The molecule has 2 atom stereocenters. The van der Waals surface area contributed by atoms with Crippen molar-refractivity contribution in [2.24, 2.45) is 10.9 Å². The lowest BCUT2D eigenvalue weighted by atomic mass is 9.98. The predicted molar refractivity (Wildman–Crippen MR) is 105 cm³/mol. The zero-order valence-corrected chi connectivity index (χ0v) is 16.5. The normalized spacial score (nSPS) is 19.2. The van der Waals surface area contributed by atoms with E-state index in [2.05, 4.69) is 15.3 Å². The molecule has 1 aliphatic rings. The smallest absolute Gasteiger partial charge is 0.320 e. The molecule has 1 aliphatic heterocycles. The van der Waals surface area contributed by atoms with Crippen molar-refractivity contribution >= 4 is 52.7 Å². The Morgan fingerprint density at radius 1 is 1.22 bits per heavy atom. The van der Waals surface area contributed by atoms with Crippen molar-refractivity contribution in [3.8, 4) is 0 Å². The summed E-state index contributed by atoms with van der Waals surface area (Å²) >= 11 is 13.4. The van der Waals surface area contributed by atoms with E-state index in [9.17, 15) is 9.59 Å². The van der Waals surface area contributed by atoms with Gasteiger partial charge < -0.3 is 10.1 Å². The van der Waals surface area contributed by atoms with Crippen LogP contribution in [0.2, 0.25) is 10.3 Å². The second-order valence-electron chi connectivity index (χ2n) is 5.66. The van der Waals surface area contributed by atoms with Gasteiger partial charge in [-0.25, -0.2) is 4.98 Å². The van der Waals surface area contributed by atoms with Gasteiger partial charge in [-0.05, 0) is 24.3 Å². The van der Waals surface area contributed by atoms with Crippen molar-refractivity contribution in [3.05, 3.63) is 58.3 Å². The molecule has 1 N–H and O–H groups in total. The number of carbonyl (C=O) groups excluding carboxylic acids is 2. The highest BCUT2D eigenvalue weighted by Gasteiger charge is 2.40. The van der Waals surface area contributed by atoms with Crippen molar-refractivity contribution < 1.29 is 14.3 Å². The van der Waals surface area contributed by atoms with E-state index in [-0.39, 0.29) is 10.3 Å². The molecule has 140 valence electrons. The van der Waals surface area contributed by atoms with Crippen LogP contribution in [0, 0.1) is 5.92 Å². The molecule has 0 spiro atoms. The highest BCUT2D eigenvalue weighted by atomic mass is 35.5. The summed E-state index contributed by atoms with van der Waals surface area (Å²) in [6.07, 6.45) is 0. The maximum absolute atomic E-state index is 12.6. The number of benzene rings is 1. The number of hydrogen-bond acceptors (Lipinski definition) is 6. The van der Waals surface area contributed by atoms with Crippen LogP contribution in [0.1, 0.15) is 5.56 Å². The standard InChI is InChI=1S/C18H15Cl2N3O3S/c1-26-18(25)15-12(9-27-11-5-3-2-4-6-11)21-16(23-17(15)24)10-7-13(19)22-14(20)8-10/h2-8,12,15H,9H2,1H3,(H,21,23,24). The Bertz CT molecular complexity index is 872. The van der Waals surface area contributed by atoms with Crippen molar-refractivity contribution in [1.29, 1.82) is 0 Å². The molecule has 2 unspecified atom stereocenters. The van der Waals surface area contributed by atoms with Gasteiger partial charge in [-0.1, -0.05) is 41.4 Å². The number of thioether (sulfide) groups is 1. The molecule has 0 bridgehead atoms. The minimum atomic E-state index is -1.03. The number of nitrogens with zero attached hydrogens (tertiary/aromatic N) is 2. The minimum Gasteiger partial charge on any atom is -0.468 e. The van der Waals surface area contributed by atoms with Crippen molar-refractivity contribution in [3.63, 3.8) is 0 Å². The van der Waals surface area contributed by atoms with E-state index >= 15 is 0 Å². The number of amidine groups is 1. The summed E-state index contributed by atoms with van der Waals surface area (Å²) < 4.78 is 4.79. The van der Waals surface area contributed by atoms with Crippen LogP contribution in [-0.2, 0) is 14.3 Å². The lowest BCUT2D eigenvalue weighted by Gasteiger charge is -2.27. The number of nitrogens with one attached hydrogen (secondary N) is 1. The van der Waals surface area contributed by atoms with E-state index in [1.807, 2.05) is 30.3 Å². The fourth-order valence-electron chi connectivity index (χ4n) is 2.61. The number of carbonyl (C=O) groups is 2. The fraction of sp³-hybridized carbons (Fsp3) is 0.222. The molecule has 6 nitrogen and oxygen atoms in total. The van der Waals surface area contributed by atoms with Crippen LogP contribution in [0.5, 0.6) is 0 Å². The maximum Gasteiger partial charge on any atom is 0.320 e. The first-order chi connectivity index (χ1) is 13.0. The first-order valence-electron chi connectivity index (χ1n) is 7.95. The molecule has 1 aromatic carbocycles. The number of ether oxygens (including phenoxy) is 1. The summed E-state index contributed by atoms with van der Waals surface area (Å²) in [7, 11) is 1.25. The summed E-state index contributed by atoms with van der Waals surface area (Å²) in [6, 6.07) is 12.2. The molecular formula is C18H15Cl2N3O3S. The quantitative estimate of drug-likeness (QED) is 0.345. The third-order valence-electron chi connectivity index (χ3n) is 3.86. The van der Waals surface area contributed by atoms with Gasteiger partial charge in [-0.3, -0.25) is 14.6 Å². The Morgan fingerprint density at radius 2 is 1.89 bits per heavy atom. The van der Waals surface area contributed by atoms with Gasteiger partial charge in [0.1, 0.15) is 16.1 Å². The van der Waals surface area contributed by atoms with Gasteiger partial charge in [-0.15, -0.1) is 11.8 Å². The van der Waals surface area contributed by atoms with E-state index < -0.39 is 23.8 Å². The number of aromatic nitrogens is 1. The summed E-state index contributed by atoms with van der Waals surface area (Å²) in [4.78, 5) is 34.2. The number of esters is 1. The average Bonchev–Trinajstić information content (AvgIpc) is 2.65. The van der Waals surface area contributed by atoms with Gasteiger partial charge >= 0.3 is 5.97 Å². The minimum absolute atomic E-state index is 0.180. The Labute approximate surface area is 170 Å². The molecule has 1 amide bonds. The Kier molecular flexibility index (Phi) is 6.36. The highest BCUT2D eigenvalue weighted by Crippen LogP contribution is 2.26. The number of amides is 1. The molecule has 2 aromatic rings. The number of methoxy groups -OCH3 is 1. The van der Waals surface area contributed by atoms with Gasteiger partial charge in [0.25, 0.3) is 0 Å². The Hall–Kier alpha value is -2.09. The average molecular weight is 424 g/mol. The second-order valence-corrected chi connectivity index (χ2v) is 7.53. The Balaban J connectivity index is 1.92. The third-order valence-corrected chi connectivity index (χ3v) is 5.36. The predicted octanol–water partition coefficient (Wildman–Crippen LogP) is 3.21. The van der Waals surface area contributed by atoms with E-state index in [0.29, 0.717) is 17.2 Å². The van der Waals surface area contributed by atoms with Crippen LogP contribution in [-0.4, -0.2) is 41.6 Å². The van der Waals surface area contributed by atoms with Crippen LogP contribution in [0.4, 0.5) is 0 Å². The van der Waals surface area contributed by atoms with Crippen molar-refractivity contribution in [2.75, 3.05) is 12.9 Å². The van der Waals surface area contributed by atoms with Crippen molar-refractivity contribution in [2.45, 2.75) is 10.9 Å². The van der Waals surface area contributed by atoms with Gasteiger partial charge in [0, 0.05) is 16.2 Å². The molecule has 0 aliphatic carbocycles. The number of hydrogen-bond donors (Lipinski definition) is 1. The number of pyridine rings is 1. The van der Waals surface area contributed by atoms with Gasteiger partial charge in [0.2, 0.25) is 5.91 Å². The van der Waals surface area contributed by atoms with E-state index in [4.69, 9.17) is 27.9 Å². The molecule has 0 saturated carbocycles. The maximum atomic E-state index is 12.6. The monoisotopic (exact) mass is 423 g/mol. The molecule has 3 rings (SSSR count). The summed E-state index contributed by atoms with van der Waals surface area (Å²) in [5.74, 6) is -1.41. The lowest BCUT2D eigenvalue weighted by molar-refractivity contribution is -0.150. The van der Waals surface area contributed by atoms with E-state index in [0.717, 1.165) is 4.90 Å². The Morgan fingerprint density at radius 3 is 2.52 bits per heavy atom. The molecular weight excluding hydrogens is 409 g/mol. The molecule has 0 saturated heterocycles. The van der Waals surface area contributed by atoms with E-state index in [1.54, 1.807) is 12.1 Å². The van der Waals surface area contributed by atoms with Gasteiger partial charge in [0.15, 0.2) is 5.92 Å². The van der Waals surface area contributed by atoms with Crippen LogP contribution >= 0.6 is 35.0 Å². The zero-order valence-electron chi connectivity index (χ0n) is 14.2. The van der Waals surface area contributed by atoms with E-state index in [1.165, 1.54) is 18.9 Å². The van der Waals surface area contributed by atoms with Crippen LogP contribution in [0.15, 0.2) is 52.4 Å². The van der Waals surface area contributed by atoms with Crippen LogP contribution in [0.3, 0.4) is 0 Å². The second kappa shape index (κ2) is 8.73. The molecule has 27 heavy (non-hydrogen) atoms. The molecule has 9 heteroatoms. The number of rotatable bonds is 5.